The molecule has 1 aliphatic carbocycles. The van der Waals surface area contributed by atoms with E-state index in [-0.39, 0.29) is 11.3 Å². The van der Waals surface area contributed by atoms with Crippen LogP contribution in [-0.2, 0) is 4.79 Å². The van der Waals surface area contributed by atoms with Crippen LogP contribution < -0.4 is 10.6 Å². The van der Waals surface area contributed by atoms with Crippen molar-refractivity contribution in [1.82, 2.24) is 10.6 Å². The minimum Gasteiger partial charge on any atom is -0.356 e. The van der Waals surface area contributed by atoms with E-state index in [1.807, 2.05) is 0 Å². The lowest BCUT2D eigenvalue weighted by Gasteiger charge is -2.35. The Morgan fingerprint density at radius 1 is 1.47 bits per heavy atom. The summed E-state index contributed by atoms with van der Waals surface area (Å²) in [5.41, 5.74) is -0.127. The molecule has 3 heteroatoms. The highest BCUT2D eigenvalue weighted by Gasteiger charge is 2.37. The average Bonchev–Trinajstić information content (AvgIpc) is 3.19. The molecule has 1 aliphatic heterocycles. The molecular weight excluding hydrogens is 212 g/mol. The van der Waals surface area contributed by atoms with Crippen molar-refractivity contribution in [2.75, 3.05) is 19.6 Å². The average molecular weight is 238 g/mol. The molecule has 2 aliphatic rings. The largest absolute Gasteiger partial charge is 0.356 e. The van der Waals surface area contributed by atoms with Gasteiger partial charge in [-0.15, -0.1) is 0 Å². The molecule has 17 heavy (non-hydrogen) atoms. The van der Waals surface area contributed by atoms with E-state index in [0.29, 0.717) is 0 Å². The molecule has 0 aromatic carbocycles. The van der Waals surface area contributed by atoms with Crippen molar-refractivity contribution in [3.05, 3.63) is 0 Å². The van der Waals surface area contributed by atoms with Gasteiger partial charge in [-0.3, -0.25) is 4.79 Å². The fraction of sp³-hybridized carbons (Fsp3) is 0.929. The SMILES string of the molecule is CCC1(C(=O)NCCCC2CC2)CCCNC1. The van der Waals surface area contributed by atoms with Crippen LogP contribution in [0.4, 0.5) is 0 Å². The van der Waals surface area contributed by atoms with E-state index < -0.39 is 0 Å². The Morgan fingerprint density at radius 3 is 2.88 bits per heavy atom. The van der Waals surface area contributed by atoms with Gasteiger partial charge in [0, 0.05) is 13.1 Å². The van der Waals surface area contributed by atoms with Crippen LogP contribution >= 0.6 is 0 Å². The lowest BCUT2D eigenvalue weighted by Crippen LogP contribution is -2.50. The molecular formula is C14H26N2O. The van der Waals surface area contributed by atoms with E-state index in [9.17, 15) is 4.79 Å². The number of carbonyl (C=O) groups excluding carboxylic acids is 1. The van der Waals surface area contributed by atoms with Crippen molar-refractivity contribution in [2.45, 2.75) is 51.9 Å². The van der Waals surface area contributed by atoms with Gasteiger partial charge in [-0.05, 0) is 44.6 Å². The van der Waals surface area contributed by atoms with E-state index in [0.717, 1.165) is 51.2 Å². The second-order valence-electron chi connectivity index (χ2n) is 5.76. The van der Waals surface area contributed by atoms with Crippen LogP contribution in [-0.4, -0.2) is 25.5 Å². The van der Waals surface area contributed by atoms with Gasteiger partial charge in [-0.1, -0.05) is 19.8 Å². The number of amides is 1. The number of carbonyl (C=O) groups is 1. The number of nitrogens with one attached hydrogen (secondary N) is 2. The summed E-state index contributed by atoms with van der Waals surface area (Å²) in [7, 11) is 0. The Balaban J connectivity index is 1.71. The van der Waals surface area contributed by atoms with Gasteiger partial charge in [0.05, 0.1) is 5.41 Å². The zero-order valence-corrected chi connectivity index (χ0v) is 11.1. The summed E-state index contributed by atoms with van der Waals surface area (Å²) >= 11 is 0. The summed E-state index contributed by atoms with van der Waals surface area (Å²) < 4.78 is 0. The third-order valence-corrected chi connectivity index (χ3v) is 4.40. The molecule has 0 radical (unpaired) electrons. The topological polar surface area (TPSA) is 41.1 Å². The van der Waals surface area contributed by atoms with Crippen molar-refractivity contribution in [3.63, 3.8) is 0 Å². The van der Waals surface area contributed by atoms with Gasteiger partial charge in [0.15, 0.2) is 0 Å². The lowest BCUT2D eigenvalue weighted by molar-refractivity contribution is -0.132. The van der Waals surface area contributed by atoms with E-state index in [2.05, 4.69) is 17.6 Å². The quantitative estimate of drug-likeness (QED) is 0.696. The minimum absolute atomic E-state index is 0.127. The van der Waals surface area contributed by atoms with Crippen LogP contribution in [0.3, 0.4) is 0 Å². The van der Waals surface area contributed by atoms with Gasteiger partial charge in [-0.2, -0.15) is 0 Å². The molecule has 2 fully saturated rings. The first-order valence-electron chi connectivity index (χ1n) is 7.26. The predicted octanol–water partition coefficient (Wildman–Crippen LogP) is 2.07. The molecule has 1 unspecified atom stereocenters. The van der Waals surface area contributed by atoms with Crippen LogP contribution in [0.2, 0.25) is 0 Å². The molecule has 1 saturated heterocycles. The molecule has 1 saturated carbocycles. The van der Waals surface area contributed by atoms with Gasteiger partial charge >= 0.3 is 0 Å². The van der Waals surface area contributed by atoms with Crippen LogP contribution in [0.15, 0.2) is 0 Å². The predicted molar refractivity (Wildman–Crippen MR) is 69.8 cm³/mol. The summed E-state index contributed by atoms with van der Waals surface area (Å²) in [5, 5.41) is 6.51. The minimum atomic E-state index is -0.127. The van der Waals surface area contributed by atoms with E-state index in [1.54, 1.807) is 0 Å². The smallest absolute Gasteiger partial charge is 0.227 e. The molecule has 1 amide bonds. The molecule has 1 atom stereocenters. The van der Waals surface area contributed by atoms with Gasteiger partial charge in [0.25, 0.3) is 0 Å². The normalized spacial score (nSPS) is 29.0. The lowest BCUT2D eigenvalue weighted by atomic mass is 9.77. The van der Waals surface area contributed by atoms with E-state index in [4.69, 9.17) is 0 Å². The highest BCUT2D eigenvalue weighted by atomic mass is 16.2. The van der Waals surface area contributed by atoms with E-state index >= 15 is 0 Å². The fourth-order valence-corrected chi connectivity index (χ4v) is 2.81. The van der Waals surface area contributed by atoms with Crippen LogP contribution in [0.1, 0.15) is 51.9 Å². The Labute approximate surface area is 105 Å². The van der Waals surface area contributed by atoms with Crippen LogP contribution in [0.5, 0.6) is 0 Å². The monoisotopic (exact) mass is 238 g/mol. The number of piperidine rings is 1. The standard InChI is InChI=1S/C14H26N2O/c1-2-14(8-4-9-15-11-14)13(17)16-10-3-5-12-6-7-12/h12,15H,2-11H2,1H3,(H,16,17). The Morgan fingerprint density at radius 2 is 2.29 bits per heavy atom. The van der Waals surface area contributed by atoms with Crippen molar-refractivity contribution in [1.29, 1.82) is 0 Å². The fourth-order valence-electron chi connectivity index (χ4n) is 2.81. The molecule has 2 N–H and O–H groups in total. The van der Waals surface area contributed by atoms with Crippen LogP contribution in [0, 0.1) is 11.3 Å². The van der Waals surface area contributed by atoms with Crippen molar-refractivity contribution >= 4 is 5.91 Å². The summed E-state index contributed by atoms with van der Waals surface area (Å²) in [6.45, 7) is 4.93. The summed E-state index contributed by atoms with van der Waals surface area (Å²) in [5.74, 6) is 1.26. The number of hydrogen-bond acceptors (Lipinski definition) is 2. The maximum Gasteiger partial charge on any atom is 0.227 e. The highest BCUT2D eigenvalue weighted by molar-refractivity contribution is 5.82. The molecule has 98 valence electrons. The van der Waals surface area contributed by atoms with Gasteiger partial charge in [-0.25, -0.2) is 0 Å². The highest BCUT2D eigenvalue weighted by Crippen LogP contribution is 2.33. The number of hydrogen-bond donors (Lipinski definition) is 2. The third-order valence-electron chi connectivity index (χ3n) is 4.40. The zero-order chi connectivity index (χ0) is 12.1. The second-order valence-corrected chi connectivity index (χ2v) is 5.76. The molecule has 0 aromatic rings. The van der Waals surface area contributed by atoms with Crippen molar-refractivity contribution in [2.24, 2.45) is 11.3 Å². The summed E-state index contributed by atoms with van der Waals surface area (Å²) in [4.78, 5) is 12.3. The molecule has 1 heterocycles. The van der Waals surface area contributed by atoms with Crippen LogP contribution in [0.25, 0.3) is 0 Å². The zero-order valence-electron chi connectivity index (χ0n) is 11.1. The van der Waals surface area contributed by atoms with Crippen molar-refractivity contribution in [3.8, 4) is 0 Å². The first kappa shape index (κ1) is 12.9. The third kappa shape index (κ3) is 3.44. The Kier molecular flexibility index (Phi) is 4.43. The molecule has 0 spiro atoms. The Bertz CT molecular complexity index is 255. The molecule has 3 nitrogen and oxygen atoms in total. The Hall–Kier alpha value is -0.570. The van der Waals surface area contributed by atoms with Gasteiger partial charge < -0.3 is 10.6 Å². The van der Waals surface area contributed by atoms with Gasteiger partial charge in [0.2, 0.25) is 5.91 Å². The molecule has 2 rings (SSSR count). The van der Waals surface area contributed by atoms with Gasteiger partial charge in [0.1, 0.15) is 0 Å². The van der Waals surface area contributed by atoms with Crippen molar-refractivity contribution < 1.29 is 4.79 Å². The first-order chi connectivity index (χ1) is 8.27. The maximum absolute atomic E-state index is 12.3. The second kappa shape index (κ2) is 5.85. The summed E-state index contributed by atoms with van der Waals surface area (Å²) in [6.07, 6.45) is 8.41. The van der Waals surface area contributed by atoms with E-state index in [1.165, 1.54) is 19.3 Å². The number of rotatable bonds is 6. The molecule has 0 aromatic heterocycles. The maximum atomic E-state index is 12.3. The molecule has 0 bridgehead atoms. The first-order valence-corrected chi connectivity index (χ1v) is 7.26. The summed E-state index contributed by atoms with van der Waals surface area (Å²) in [6, 6.07) is 0.